The van der Waals surface area contributed by atoms with Crippen molar-refractivity contribution in [2.45, 2.75) is 39.5 Å². The highest BCUT2D eigenvalue weighted by molar-refractivity contribution is 5.92. The van der Waals surface area contributed by atoms with E-state index in [1.807, 2.05) is 26.8 Å². The summed E-state index contributed by atoms with van der Waals surface area (Å²) in [5.41, 5.74) is 7.35. The Bertz CT molecular complexity index is 455. The number of hydrogen-bond donors (Lipinski definition) is 1. The van der Waals surface area contributed by atoms with Crippen molar-refractivity contribution in [1.82, 2.24) is 14.7 Å². The summed E-state index contributed by atoms with van der Waals surface area (Å²) in [6.45, 7) is 8.16. The molecule has 1 aliphatic heterocycles. The predicted octanol–water partition coefficient (Wildman–Crippen LogP) is 0.400. The van der Waals surface area contributed by atoms with E-state index in [2.05, 4.69) is 5.10 Å². The number of carbonyl (C=O) groups excluding carboxylic acids is 1. The molecule has 1 aromatic heterocycles. The molecule has 0 spiro atoms. The van der Waals surface area contributed by atoms with E-state index in [1.165, 1.54) is 0 Å². The Morgan fingerprint density at radius 2 is 2.42 bits per heavy atom. The lowest BCUT2D eigenvalue weighted by Gasteiger charge is -2.34. The van der Waals surface area contributed by atoms with Crippen LogP contribution in [0.4, 0.5) is 0 Å². The summed E-state index contributed by atoms with van der Waals surface area (Å²) in [5, 5.41) is 4.31. The van der Waals surface area contributed by atoms with E-state index >= 15 is 0 Å². The lowest BCUT2D eigenvalue weighted by molar-refractivity contribution is -0.0303. The van der Waals surface area contributed by atoms with Crippen molar-refractivity contribution >= 4 is 5.91 Å². The minimum Gasteiger partial charge on any atom is -0.373 e. The Labute approximate surface area is 113 Å². The molecule has 2 unspecified atom stereocenters. The normalized spacial score (nSPS) is 21.5. The van der Waals surface area contributed by atoms with Gasteiger partial charge in [0.05, 0.1) is 18.4 Å². The first-order valence-corrected chi connectivity index (χ1v) is 6.73. The molecule has 0 bridgehead atoms. The quantitative estimate of drug-likeness (QED) is 0.859. The molecule has 0 aromatic carbocycles. The minimum absolute atomic E-state index is 0.0106. The first-order valence-electron chi connectivity index (χ1n) is 6.73. The van der Waals surface area contributed by atoms with E-state index in [0.29, 0.717) is 31.9 Å². The molecule has 1 aliphatic rings. The van der Waals surface area contributed by atoms with E-state index < -0.39 is 0 Å². The van der Waals surface area contributed by atoms with Gasteiger partial charge in [-0.05, 0) is 26.8 Å². The van der Waals surface area contributed by atoms with Crippen molar-refractivity contribution in [3.63, 3.8) is 0 Å². The molecule has 6 heteroatoms. The number of nitrogens with zero attached hydrogens (tertiary/aromatic N) is 3. The average Bonchev–Trinajstić information content (AvgIpc) is 2.79. The van der Waals surface area contributed by atoms with Crippen molar-refractivity contribution < 1.29 is 9.53 Å². The molecule has 0 radical (unpaired) electrons. The van der Waals surface area contributed by atoms with Crippen LogP contribution in [-0.4, -0.2) is 52.4 Å². The first-order chi connectivity index (χ1) is 9.02. The highest BCUT2D eigenvalue weighted by atomic mass is 16.5. The van der Waals surface area contributed by atoms with Crippen molar-refractivity contribution in [2.75, 3.05) is 19.7 Å². The van der Waals surface area contributed by atoms with Gasteiger partial charge in [-0.15, -0.1) is 0 Å². The van der Waals surface area contributed by atoms with Crippen LogP contribution in [0.2, 0.25) is 0 Å². The number of nitrogens with two attached hydrogens (primary N) is 1. The summed E-state index contributed by atoms with van der Waals surface area (Å²) in [4.78, 5) is 14.3. The molecular formula is C13H22N4O2. The second kappa shape index (κ2) is 5.71. The lowest BCUT2D eigenvalue weighted by atomic mass is 10.1. The number of carbonyl (C=O) groups is 1. The number of amides is 1. The average molecular weight is 266 g/mol. The second-order valence-electron chi connectivity index (χ2n) is 5.01. The summed E-state index contributed by atoms with van der Waals surface area (Å²) in [6, 6.07) is 1.76. The Morgan fingerprint density at radius 3 is 3.05 bits per heavy atom. The van der Waals surface area contributed by atoms with Gasteiger partial charge in [0.15, 0.2) is 0 Å². The summed E-state index contributed by atoms with van der Waals surface area (Å²) in [7, 11) is 0. The summed E-state index contributed by atoms with van der Waals surface area (Å²) in [5.74, 6) is 0.0106. The number of aryl methyl sites for hydroxylation is 2. The Morgan fingerprint density at radius 1 is 1.68 bits per heavy atom. The molecule has 2 heterocycles. The smallest absolute Gasteiger partial charge is 0.272 e. The monoisotopic (exact) mass is 266 g/mol. The van der Waals surface area contributed by atoms with Crippen molar-refractivity contribution in [3.05, 3.63) is 17.5 Å². The third-order valence-corrected chi connectivity index (χ3v) is 3.39. The Hall–Kier alpha value is -1.40. The zero-order valence-electron chi connectivity index (χ0n) is 11.8. The van der Waals surface area contributed by atoms with E-state index in [1.54, 1.807) is 9.58 Å². The molecule has 0 saturated carbocycles. The van der Waals surface area contributed by atoms with Crippen LogP contribution in [0.25, 0.3) is 0 Å². The molecule has 1 saturated heterocycles. The van der Waals surface area contributed by atoms with Crippen LogP contribution in [0.5, 0.6) is 0 Å². The number of ether oxygens (including phenoxy) is 1. The van der Waals surface area contributed by atoms with E-state index in [0.717, 1.165) is 5.69 Å². The fourth-order valence-corrected chi connectivity index (χ4v) is 2.30. The van der Waals surface area contributed by atoms with Crippen molar-refractivity contribution in [3.8, 4) is 0 Å². The largest absolute Gasteiger partial charge is 0.373 e. The number of aromatic nitrogens is 2. The maximum absolute atomic E-state index is 12.5. The Balaban J connectivity index is 2.14. The SMILES string of the molecule is CCn1nc(C)cc1C(=O)N1CCOC(C(C)N)C1. The number of rotatable bonds is 3. The van der Waals surface area contributed by atoms with Crippen molar-refractivity contribution in [1.29, 1.82) is 0 Å². The molecule has 2 rings (SSSR count). The molecule has 19 heavy (non-hydrogen) atoms. The van der Waals surface area contributed by atoms with Crippen LogP contribution in [0.15, 0.2) is 6.07 Å². The van der Waals surface area contributed by atoms with Crippen LogP contribution < -0.4 is 5.73 Å². The third kappa shape index (κ3) is 2.96. The van der Waals surface area contributed by atoms with Gasteiger partial charge in [0.25, 0.3) is 5.91 Å². The standard InChI is InChI=1S/C13H22N4O2/c1-4-17-11(7-9(2)15-17)13(18)16-5-6-19-12(8-16)10(3)14/h7,10,12H,4-6,8,14H2,1-3H3. The van der Waals surface area contributed by atoms with Gasteiger partial charge in [-0.3, -0.25) is 9.48 Å². The van der Waals surface area contributed by atoms with E-state index in [4.69, 9.17) is 10.5 Å². The lowest BCUT2D eigenvalue weighted by Crippen LogP contribution is -2.51. The molecule has 0 aliphatic carbocycles. The zero-order valence-corrected chi connectivity index (χ0v) is 11.8. The van der Waals surface area contributed by atoms with Gasteiger partial charge in [-0.2, -0.15) is 5.10 Å². The summed E-state index contributed by atoms with van der Waals surface area (Å²) in [6.07, 6.45) is -0.0863. The number of hydrogen-bond acceptors (Lipinski definition) is 4. The molecule has 106 valence electrons. The van der Waals surface area contributed by atoms with Gasteiger partial charge >= 0.3 is 0 Å². The van der Waals surface area contributed by atoms with Gasteiger partial charge < -0.3 is 15.4 Å². The summed E-state index contributed by atoms with van der Waals surface area (Å²) < 4.78 is 7.32. The van der Waals surface area contributed by atoms with Gasteiger partial charge in [0.2, 0.25) is 0 Å². The predicted molar refractivity (Wildman–Crippen MR) is 71.9 cm³/mol. The molecular weight excluding hydrogens is 244 g/mol. The van der Waals surface area contributed by atoms with E-state index in [9.17, 15) is 4.79 Å². The Kier molecular flexibility index (Phi) is 4.21. The van der Waals surface area contributed by atoms with Crippen LogP contribution in [0.3, 0.4) is 0 Å². The van der Waals surface area contributed by atoms with Crippen LogP contribution in [0.1, 0.15) is 30.0 Å². The maximum Gasteiger partial charge on any atom is 0.272 e. The first kappa shape index (κ1) is 14.0. The zero-order chi connectivity index (χ0) is 14.0. The third-order valence-electron chi connectivity index (χ3n) is 3.39. The van der Waals surface area contributed by atoms with Gasteiger partial charge in [0.1, 0.15) is 5.69 Å². The minimum atomic E-state index is -0.0863. The van der Waals surface area contributed by atoms with Gasteiger partial charge in [-0.1, -0.05) is 0 Å². The maximum atomic E-state index is 12.5. The molecule has 2 atom stereocenters. The molecule has 1 aromatic rings. The van der Waals surface area contributed by atoms with Crippen LogP contribution in [-0.2, 0) is 11.3 Å². The molecule has 2 N–H and O–H groups in total. The fraction of sp³-hybridized carbons (Fsp3) is 0.692. The topological polar surface area (TPSA) is 73.4 Å². The van der Waals surface area contributed by atoms with Crippen LogP contribution in [0, 0.1) is 6.92 Å². The second-order valence-corrected chi connectivity index (χ2v) is 5.01. The summed E-state index contributed by atoms with van der Waals surface area (Å²) >= 11 is 0. The highest BCUT2D eigenvalue weighted by Crippen LogP contribution is 2.13. The van der Waals surface area contributed by atoms with Gasteiger partial charge in [-0.25, -0.2) is 0 Å². The molecule has 6 nitrogen and oxygen atoms in total. The molecule has 1 amide bonds. The highest BCUT2D eigenvalue weighted by Gasteiger charge is 2.28. The van der Waals surface area contributed by atoms with E-state index in [-0.39, 0.29) is 18.1 Å². The van der Waals surface area contributed by atoms with Crippen LogP contribution >= 0.6 is 0 Å². The fourth-order valence-electron chi connectivity index (χ4n) is 2.30. The molecule has 1 fully saturated rings. The van der Waals surface area contributed by atoms with Gasteiger partial charge in [0, 0.05) is 25.7 Å². The van der Waals surface area contributed by atoms with Crippen molar-refractivity contribution in [2.24, 2.45) is 5.73 Å². The number of morpholine rings is 1.